The van der Waals surface area contributed by atoms with E-state index >= 15 is 0 Å². The lowest BCUT2D eigenvalue weighted by atomic mass is 10.1. The second-order valence-electron chi connectivity index (χ2n) is 7.05. The second kappa shape index (κ2) is 9.66. The largest absolute Gasteiger partial charge is 0.338 e. The van der Waals surface area contributed by atoms with E-state index in [1.807, 2.05) is 12.1 Å². The summed E-state index contributed by atoms with van der Waals surface area (Å²) in [5.74, 6) is -2.38. The van der Waals surface area contributed by atoms with Gasteiger partial charge in [-0.1, -0.05) is 29.4 Å². The number of hydrogen-bond donors (Lipinski definition) is 0. The zero-order valence-corrected chi connectivity index (χ0v) is 18.3. The average Bonchev–Trinajstić information content (AvgIpc) is 3.27. The molecule has 2 aromatic carbocycles. The van der Waals surface area contributed by atoms with Crippen LogP contribution in [0.25, 0.3) is 5.69 Å². The van der Waals surface area contributed by atoms with Gasteiger partial charge in [-0.25, -0.2) is 8.78 Å². The number of carbonyl (C=O) groups excluding carboxylic acids is 2. The summed E-state index contributed by atoms with van der Waals surface area (Å²) in [5, 5.41) is 9.14. The number of piperazine rings is 1. The second-order valence-corrected chi connectivity index (χ2v) is 8.43. The minimum absolute atomic E-state index is 0.0829. The standard InChI is InChI=1S/C21H18ClF2N5O2S/c22-15-2-1-3-16(11-15)29-13-25-26-21(29)32-12-19(30)27-6-8-28(9-7-27)20(31)14-4-5-17(23)18(24)10-14/h1-5,10-11,13H,6-9,12H2. The van der Waals surface area contributed by atoms with Crippen LogP contribution in [0.2, 0.25) is 5.02 Å². The normalized spacial score (nSPS) is 14.0. The Kier molecular flexibility index (Phi) is 6.71. The van der Waals surface area contributed by atoms with Gasteiger partial charge in [0.15, 0.2) is 16.8 Å². The van der Waals surface area contributed by atoms with E-state index in [2.05, 4.69) is 10.2 Å². The first-order valence-electron chi connectivity index (χ1n) is 9.73. The first-order valence-corrected chi connectivity index (χ1v) is 11.1. The van der Waals surface area contributed by atoms with Gasteiger partial charge < -0.3 is 9.80 Å². The molecular weight excluding hydrogens is 460 g/mol. The molecule has 1 saturated heterocycles. The van der Waals surface area contributed by atoms with Crippen molar-refractivity contribution < 1.29 is 18.4 Å². The van der Waals surface area contributed by atoms with Crippen LogP contribution < -0.4 is 0 Å². The number of thioether (sulfide) groups is 1. The Bertz CT molecular complexity index is 1150. The highest BCUT2D eigenvalue weighted by molar-refractivity contribution is 7.99. The number of nitrogens with zero attached hydrogens (tertiary/aromatic N) is 5. The van der Waals surface area contributed by atoms with Crippen molar-refractivity contribution in [3.8, 4) is 5.69 Å². The molecule has 0 spiro atoms. The Morgan fingerprint density at radius 3 is 2.47 bits per heavy atom. The Hall–Kier alpha value is -2.98. The molecular formula is C21H18ClF2N5O2S. The molecule has 0 unspecified atom stereocenters. The fourth-order valence-electron chi connectivity index (χ4n) is 3.31. The molecule has 11 heteroatoms. The first kappa shape index (κ1) is 22.2. The minimum atomic E-state index is -1.06. The van der Waals surface area contributed by atoms with Crippen LogP contribution in [0.15, 0.2) is 53.9 Å². The van der Waals surface area contributed by atoms with Gasteiger partial charge in [-0.15, -0.1) is 10.2 Å². The molecule has 0 bridgehead atoms. The zero-order valence-electron chi connectivity index (χ0n) is 16.7. The van der Waals surface area contributed by atoms with Crippen LogP contribution in [-0.2, 0) is 4.79 Å². The van der Waals surface area contributed by atoms with Crippen LogP contribution in [0.4, 0.5) is 8.78 Å². The summed E-state index contributed by atoms with van der Waals surface area (Å²) in [5.41, 5.74) is 0.876. The van der Waals surface area contributed by atoms with Crippen molar-refractivity contribution in [2.45, 2.75) is 5.16 Å². The van der Waals surface area contributed by atoms with Crippen molar-refractivity contribution in [1.82, 2.24) is 24.6 Å². The van der Waals surface area contributed by atoms with E-state index in [1.54, 1.807) is 27.9 Å². The summed E-state index contributed by atoms with van der Waals surface area (Å²) in [6.45, 7) is 1.34. The number of benzene rings is 2. The fraction of sp³-hybridized carbons (Fsp3) is 0.238. The van der Waals surface area contributed by atoms with Crippen LogP contribution in [0.5, 0.6) is 0 Å². The van der Waals surface area contributed by atoms with Crippen LogP contribution in [0.3, 0.4) is 0 Å². The maximum Gasteiger partial charge on any atom is 0.254 e. The van der Waals surface area contributed by atoms with Gasteiger partial charge in [0, 0.05) is 36.8 Å². The Morgan fingerprint density at radius 1 is 1.00 bits per heavy atom. The number of aromatic nitrogens is 3. The predicted molar refractivity (Wildman–Crippen MR) is 116 cm³/mol. The highest BCUT2D eigenvalue weighted by atomic mass is 35.5. The lowest BCUT2D eigenvalue weighted by Gasteiger charge is -2.34. The number of halogens is 3. The van der Waals surface area contributed by atoms with E-state index < -0.39 is 11.6 Å². The van der Waals surface area contributed by atoms with E-state index in [0.29, 0.717) is 36.4 Å². The number of rotatable bonds is 5. The van der Waals surface area contributed by atoms with E-state index in [-0.39, 0.29) is 23.1 Å². The summed E-state index contributed by atoms with van der Waals surface area (Å²) in [6, 6.07) is 10.3. The molecule has 166 valence electrons. The SMILES string of the molecule is O=C(CSc1nncn1-c1cccc(Cl)c1)N1CCN(C(=O)c2ccc(F)c(F)c2)CC1. The van der Waals surface area contributed by atoms with Crippen LogP contribution in [-0.4, -0.2) is 68.3 Å². The zero-order chi connectivity index (χ0) is 22.7. The molecule has 0 aliphatic carbocycles. The maximum absolute atomic E-state index is 13.4. The highest BCUT2D eigenvalue weighted by Crippen LogP contribution is 2.22. The van der Waals surface area contributed by atoms with Crippen molar-refractivity contribution >= 4 is 35.2 Å². The molecule has 3 aromatic rings. The van der Waals surface area contributed by atoms with Crippen LogP contribution >= 0.6 is 23.4 Å². The van der Waals surface area contributed by atoms with E-state index in [0.717, 1.165) is 17.8 Å². The summed E-state index contributed by atoms with van der Waals surface area (Å²) >= 11 is 7.31. The van der Waals surface area contributed by atoms with Crippen molar-refractivity contribution in [2.24, 2.45) is 0 Å². The van der Waals surface area contributed by atoms with Gasteiger partial charge in [0.2, 0.25) is 5.91 Å². The Labute approximate surface area is 192 Å². The van der Waals surface area contributed by atoms with Crippen molar-refractivity contribution in [3.05, 3.63) is 71.0 Å². The van der Waals surface area contributed by atoms with Crippen LogP contribution in [0, 0.1) is 11.6 Å². The Morgan fingerprint density at radius 2 is 1.75 bits per heavy atom. The molecule has 0 N–H and O–H groups in total. The van der Waals surface area contributed by atoms with E-state index in [4.69, 9.17) is 11.6 Å². The third-order valence-electron chi connectivity index (χ3n) is 5.01. The van der Waals surface area contributed by atoms with Gasteiger partial charge in [-0.2, -0.15) is 0 Å². The summed E-state index contributed by atoms with van der Waals surface area (Å²) < 4.78 is 28.3. The molecule has 2 amide bonds. The number of hydrogen-bond acceptors (Lipinski definition) is 5. The molecule has 0 radical (unpaired) electrons. The van der Waals surface area contributed by atoms with Crippen molar-refractivity contribution in [3.63, 3.8) is 0 Å². The monoisotopic (exact) mass is 477 g/mol. The molecule has 4 rings (SSSR count). The topological polar surface area (TPSA) is 71.3 Å². The highest BCUT2D eigenvalue weighted by Gasteiger charge is 2.25. The van der Waals surface area contributed by atoms with Crippen LogP contribution in [0.1, 0.15) is 10.4 Å². The molecule has 1 aliphatic rings. The molecule has 0 saturated carbocycles. The first-order chi connectivity index (χ1) is 15.4. The third-order valence-corrected chi connectivity index (χ3v) is 6.18. The number of amides is 2. The molecule has 1 aromatic heterocycles. The van der Waals surface area contributed by atoms with E-state index in [1.165, 1.54) is 22.7 Å². The third kappa shape index (κ3) is 4.91. The molecule has 32 heavy (non-hydrogen) atoms. The average molecular weight is 478 g/mol. The van der Waals surface area contributed by atoms with Crippen molar-refractivity contribution in [2.75, 3.05) is 31.9 Å². The molecule has 7 nitrogen and oxygen atoms in total. The smallest absolute Gasteiger partial charge is 0.254 e. The summed E-state index contributed by atoms with van der Waals surface area (Å²) in [7, 11) is 0. The van der Waals surface area contributed by atoms with Gasteiger partial charge >= 0.3 is 0 Å². The quantitative estimate of drug-likeness (QED) is 0.527. The van der Waals surface area contributed by atoms with Crippen molar-refractivity contribution in [1.29, 1.82) is 0 Å². The lowest BCUT2D eigenvalue weighted by Crippen LogP contribution is -2.51. The van der Waals surface area contributed by atoms with Gasteiger partial charge in [-0.05, 0) is 36.4 Å². The van der Waals surface area contributed by atoms with E-state index in [9.17, 15) is 18.4 Å². The summed E-state index contributed by atoms with van der Waals surface area (Å²) in [4.78, 5) is 28.4. The van der Waals surface area contributed by atoms with Gasteiger partial charge in [-0.3, -0.25) is 14.2 Å². The molecule has 2 heterocycles. The Balaban J connectivity index is 1.31. The van der Waals surface area contributed by atoms with Gasteiger partial charge in [0.1, 0.15) is 6.33 Å². The van der Waals surface area contributed by atoms with Gasteiger partial charge in [0.25, 0.3) is 5.91 Å². The summed E-state index contributed by atoms with van der Waals surface area (Å²) in [6.07, 6.45) is 1.56. The maximum atomic E-state index is 13.4. The molecule has 1 aliphatic heterocycles. The minimum Gasteiger partial charge on any atom is -0.338 e. The predicted octanol–water partition coefficient (Wildman–Crippen LogP) is 3.28. The lowest BCUT2D eigenvalue weighted by molar-refractivity contribution is -0.129. The molecule has 1 fully saturated rings. The molecule has 0 atom stereocenters. The van der Waals surface area contributed by atoms with Gasteiger partial charge in [0.05, 0.1) is 11.4 Å². The fourth-order valence-corrected chi connectivity index (χ4v) is 4.33. The number of carbonyl (C=O) groups is 2.